The Morgan fingerprint density at radius 1 is 1.16 bits per heavy atom. The Kier molecular flexibility index (Phi) is 7.83. The Labute approximate surface area is 187 Å². The number of likely N-dealkylation sites (N-methyl/N-ethyl adjacent to an activating group) is 1. The molecule has 1 aliphatic rings. The number of amides is 3. The maximum atomic E-state index is 13.2. The molecule has 0 aromatic heterocycles. The quantitative estimate of drug-likeness (QED) is 0.673. The summed E-state index contributed by atoms with van der Waals surface area (Å²) in [7, 11) is 1.55. The van der Waals surface area contributed by atoms with Crippen molar-refractivity contribution < 1.29 is 24.2 Å². The lowest BCUT2D eigenvalue weighted by Crippen LogP contribution is -2.49. The summed E-state index contributed by atoms with van der Waals surface area (Å²) in [6.07, 6.45) is 0.215. The lowest BCUT2D eigenvalue weighted by atomic mass is 10.0. The monoisotopic (exact) mass is 439 g/mol. The molecule has 0 fully saturated rings. The fourth-order valence-corrected chi connectivity index (χ4v) is 3.62. The highest BCUT2D eigenvalue weighted by Gasteiger charge is 2.28. The van der Waals surface area contributed by atoms with Gasteiger partial charge in [0.05, 0.1) is 12.6 Å². The maximum absolute atomic E-state index is 13.2. The Balaban J connectivity index is 1.97. The number of fused-ring (bicyclic) bond motifs is 5. The predicted molar refractivity (Wildman–Crippen MR) is 120 cm³/mol. The van der Waals surface area contributed by atoms with Crippen molar-refractivity contribution in [2.75, 3.05) is 26.8 Å². The third-order valence-electron chi connectivity index (χ3n) is 5.33. The smallest absolute Gasteiger partial charge is 0.254 e. The van der Waals surface area contributed by atoms with Crippen molar-refractivity contribution in [3.8, 4) is 16.9 Å². The lowest BCUT2D eigenvalue weighted by molar-refractivity contribution is -0.126. The molecule has 0 aliphatic carbocycles. The van der Waals surface area contributed by atoms with Gasteiger partial charge in [0.25, 0.3) is 5.91 Å². The molecule has 2 aromatic rings. The number of carbonyl (C=O) groups is 3. The summed E-state index contributed by atoms with van der Waals surface area (Å²) in [6, 6.07) is 13.6. The first kappa shape index (κ1) is 23.3. The molecule has 8 heteroatoms. The Hall–Kier alpha value is -3.39. The third-order valence-corrected chi connectivity index (χ3v) is 5.33. The number of aliphatic hydroxyl groups excluding tert-OH is 1. The average molecular weight is 440 g/mol. The van der Waals surface area contributed by atoms with Gasteiger partial charge in [-0.05, 0) is 48.7 Å². The topological polar surface area (TPSA) is 108 Å². The number of aliphatic hydroxyl groups is 1. The van der Waals surface area contributed by atoms with E-state index < -0.39 is 11.9 Å². The van der Waals surface area contributed by atoms with Crippen molar-refractivity contribution in [1.29, 1.82) is 0 Å². The van der Waals surface area contributed by atoms with E-state index in [9.17, 15) is 14.4 Å². The number of nitrogens with one attached hydrogen (secondary N) is 2. The zero-order valence-electron chi connectivity index (χ0n) is 18.3. The number of hydrogen-bond donors (Lipinski definition) is 3. The summed E-state index contributed by atoms with van der Waals surface area (Å²) in [4.78, 5) is 39.7. The minimum absolute atomic E-state index is 0.0642. The van der Waals surface area contributed by atoms with Crippen LogP contribution in [0.3, 0.4) is 0 Å². The van der Waals surface area contributed by atoms with Crippen LogP contribution in [0, 0.1) is 0 Å². The van der Waals surface area contributed by atoms with Gasteiger partial charge in [-0.2, -0.15) is 0 Å². The number of benzene rings is 2. The molecule has 170 valence electrons. The summed E-state index contributed by atoms with van der Waals surface area (Å²) >= 11 is 0. The van der Waals surface area contributed by atoms with Crippen molar-refractivity contribution in [2.45, 2.75) is 31.8 Å². The minimum atomic E-state index is -0.855. The van der Waals surface area contributed by atoms with Gasteiger partial charge in [0.2, 0.25) is 11.8 Å². The second kappa shape index (κ2) is 10.8. The van der Waals surface area contributed by atoms with Crippen LogP contribution in [0.4, 0.5) is 0 Å². The number of nitrogens with zero attached hydrogens (tertiary/aromatic N) is 1. The highest BCUT2D eigenvalue weighted by Crippen LogP contribution is 2.25. The van der Waals surface area contributed by atoms with Crippen LogP contribution in [0.1, 0.15) is 30.1 Å². The Morgan fingerprint density at radius 2 is 1.84 bits per heavy atom. The van der Waals surface area contributed by atoms with Crippen LogP contribution in [0.2, 0.25) is 0 Å². The van der Waals surface area contributed by atoms with E-state index in [0.29, 0.717) is 17.9 Å². The molecule has 0 saturated heterocycles. The highest BCUT2D eigenvalue weighted by molar-refractivity contribution is 5.98. The SMILES string of the molecule is CC1COc2cccc(c2)-c2cccc(c2)C(=O)N(C)C(C(=O)NCCO)CCC(=O)N1. The molecule has 0 saturated carbocycles. The van der Waals surface area contributed by atoms with Gasteiger partial charge in [0, 0.05) is 25.6 Å². The van der Waals surface area contributed by atoms with E-state index >= 15 is 0 Å². The maximum Gasteiger partial charge on any atom is 0.254 e. The third kappa shape index (κ3) is 5.85. The van der Waals surface area contributed by atoms with Crippen LogP contribution in [0.5, 0.6) is 5.75 Å². The van der Waals surface area contributed by atoms with Gasteiger partial charge in [-0.3, -0.25) is 14.4 Å². The molecule has 2 atom stereocenters. The first-order valence-corrected chi connectivity index (χ1v) is 10.7. The predicted octanol–water partition coefficient (Wildman–Crippen LogP) is 1.58. The molecular weight excluding hydrogens is 410 g/mol. The molecule has 3 rings (SSSR count). The van der Waals surface area contributed by atoms with Gasteiger partial charge >= 0.3 is 0 Å². The summed E-state index contributed by atoms with van der Waals surface area (Å²) in [5.74, 6) is -0.303. The van der Waals surface area contributed by atoms with E-state index in [1.165, 1.54) is 4.90 Å². The van der Waals surface area contributed by atoms with Crippen LogP contribution >= 0.6 is 0 Å². The van der Waals surface area contributed by atoms with Crippen molar-refractivity contribution in [2.24, 2.45) is 0 Å². The van der Waals surface area contributed by atoms with Crippen molar-refractivity contribution in [1.82, 2.24) is 15.5 Å². The van der Waals surface area contributed by atoms with Crippen LogP contribution in [-0.4, -0.2) is 66.6 Å². The first-order valence-electron chi connectivity index (χ1n) is 10.7. The standard InChI is InChI=1S/C24H29N3O5/c1-16-15-32-20-8-4-6-18(14-20)17-5-3-7-19(13-17)24(31)27(2)21(9-10-22(29)26-16)23(30)25-11-12-28/h3-8,13-14,16,21,28H,9-12,15H2,1-2H3,(H,25,30)(H,26,29). The van der Waals surface area contributed by atoms with Crippen LogP contribution in [-0.2, 0) is 9.59 Å². The van der Waals surface area contributed by atoms with E-state index in [0.717, 1.165) is 11.1 Å². The molecule has 1 heterocycles. The zero-order chi connectivity index (χ0) is 23.1. The fraction of sp³-hybridized carbons (Fsp3) is 0.375. The molecule has 4 bridgehead atoms. The average Bonchev–Trinajstić information content (AvgIpc) is 2.80. The van der Waals surface area contributed by atoms with E-state index in [2.05, 4.69) is 10.6 Å². The van der Waals surface area contributed by atoms with Gasteiger partial charge < -0.3 is 25.4 Å². The Morgan fingerprint density at radius 3 is 2.59 bits per heavy atom. The summed E-state index contributed by atoms with van der Waals surface area (Å²) < 4.78 is 5.84. The van der Waals surface area contributed by atoms with Crippen LogP contribution in [0.25, 0.3) is 11.1 Å². The second-order valence-corrected chi connectivity index (χ2v) is 7.87. The molecule has 2 unspecified atom stereocenters. The molecule has 3 amide bonds. The largest absolute Gasteiger partial charge is 0.491 e. The number of rotatable bonds is 3. The number of ether oxygens (including phenoxy) is 1. The van der Waals surface area contributed by atoms with Gasteiger partial charge in [0.15, 0.2) is 0 Å². The first-order chi connectivity index (χ1) is 15.4. The highest BCUT2D eigenvalue weighted by atomic mass is 16.5. The lowest BCUT2D eigenvalue weighted by Gasteiger charge is -2.28. The van der Waals surface area contributed by atoms with Crippen LogP contribution < -0.4 is 15.4 Å². The molecular formula is C24H29N3O5. The summed E-state index contributed by atoms with van der Waals surface area (Å²) in [5, 5.41) is 14.5. The molecule has 0 radical (unpaired) electrons. The summed E-state index contributed by atoms with van der Waals surface area (Å²) in [5.41, 5.74) is 2.17. The van der Waals surface area contributed by atoms with E-state index in [1.54, 1.807) is 25.2 Å². The van der Waals surface area contributed by atoms with Gasteiger partial charge in [-0.25, -0.2) is 0 Å². The fourth-order valence-electron chi connectivity index (χ4n) is 3.62. The van der Waals surface area contributed by atoms with Gasteiger partial charge in [-0.15, -0.1) is 0 Å². The minimum Gasteiger partial charge on any atom is -0.491 e. The van der Waals surface area contributed by atoms with E-state index in [4.69, 9.17) is 9.84 Å². The van der Waals surface area contributed by atoms with Gasteiger partial charge in [-0.1, -0.05) is 24.3 Å². The number of carbonyl (C=O) groups excluding carboxylic acids is 3. The molecule has 32 heavy (non-hydrogen) atoms. The summed E-state index contributed by atoms with van der Waals surface area (Å²) in [6.45, 7) is 2.00. The second-order valence-electron chi connectivity index (χ2n) is 7.87. The number of hydrogen-bond acceptors (Lipinski definition) is 5. The molecule has 2 aromatic carbocycles. The van der Waals surface area contributed by atoms with E-state index in [1.807, 2.05) is 37.3 Å². The molecule has 3 N–H and O–H groups in total. The molecule has 1 aliphatic heterocycles. The van der Waals surface area contributed by atoms with Crippen molar-refractivity contribution >= 4 is 17.7 Å². The van der Waals surface area contributed by atoms with Gasteiger partial charge in [0.1, 0.15) is 18.4 Å². The Bertz CT molecular complexity index is 978. The molecule has 8 nitrogen and oxygen atoms in total. The van der Waals surface area contributed by atoms with Crippen molar-refractivity contribution in [3.63, 3.8) is 0 Å². The van der Waals surface area contributed by atoms with E-state index in [-0.39, 0.29) is 43.8 Å². The normalized spacial score (nSPS) is 19.7. The van der Waals surface area contributed by atoms with Crippen LogP contribution in [0.15, 0.2) is 48.5 Å². The molecule has 0 spiro atoms. The zero-order valence-corrected chi connectivity index (χ0v) is 18.3. The van der Waals surface area contributed by atoms with Crippen molar-refractivity contribution in [3.05, 3.63) is 54.1 Å².